The van der Waals surface area contributed by atoms with Crippen molar-refractivity contribution < 1.29 is 0 Å². The normalized spacial score (nSPS) is 11.6. The Hall–Kier alpha value is -6.52. The zero-order valence-corrected chi connectivity index (χ0v) is 32.0. The van der Waals surface area contributed by atoms with Crippen LogP contribution in [-0.2, 0) is 0 Å². The van der Waals surface area contributed by atoms with Crippen molar-refractivity contribution in [1.29, 1.82) is 0 Å². The number of anilines is 3. The van der Waals surface area contributed by atoms with Gasteiger partial charge in [0, 0.05) is 42.6 Å². The molecule has 1 nitrogen and oxygen atoms in total. The summed E-state index contributed by atoms with van der Waals surface area (Å²) in [7, 11) is -2.66. The van der Waals surface area contributed by atoms with Crippen LogP contribution in [0.2, 0.25) is 0 Å². The highest BCUT2D eigenvalue weighted by molar-refractivity contribution is 7.26. The SMILES string of the molecule is c1ccc(-c2ccc(N(c3ccc([Si](c4ccccc4)(c4ccccc4)c4ccccc4)cc3)c3ccc4ccc5c6ccccc6sc5c4c3)cc2)cc1. The van der Waals surface area contributed by atoms with Gasteiger partial charge in [0.05, 0.1) is 0 Å². The second kappa shape index (κ2) is 14.0. The number of rotatable bonds is 8. The Morgan fingerprint density at radius 1 is 0.327 bits per heavy atom. The summed E-state index contributed by atoms with van der Waals surface area (Å²) >= 11 is 1.89. The van der Waals surface area contributed by atoms with E-state index in [1.54, 1.807) is 0 Å². The highest BCUT2D eigenvalue weighted by atomic mass is 32.1. The third kappa shape index (κ3) is 5.77. The second-order valence-electron chi connectivity index (χ2n) is 14.1. The van der Waals surface area contributed by atoms with Crippen molar-refractivity contribution in [2.75, 3.05) is 4.90 Å². The second-order valence-corrected chi connectivity index (χ2v) is 19.0. The number of nitrogens with zero attached hydrogens (tertiary/aromatic N) is 1. The van der Waals surface area contributed by atoms with Crippen molar-refractivity contribution in [2.45, 2.75) is 0 Å². The molecule has 0 unspecified atom stereocenters. The molecule has 0 atom stereocenters. The van der Waals surface area contributed by atoms with E-state index >= 15 is 0 Å². The third-order valence-electron chi connectivity index (χ3n) is 11.0. The highest BCUT2D eigenvalue weighted by Gasteiger charge is 2.41. The first-order valence-corrected chi connectivity index (χ1v) is 21.7. The van der Waals surface area contributed by atoms with Crippen molar-refractivity contribution in [3.8, 4) is 11.1 Å². The van der Waals surface area contributed by atoms with Gasteiger partial charge in [0.2, 0.25) is 0 Å². The molecule has 260 valence electrons. The highest BCUT2D eigenvalue weighted by Crippen LogP contribution is 2.42. The third-order valence-corrected chi connectivity index (χ3v) is 17.0. The van der Waals surface area contributed by atoms with E-state index in [9.17, 15) is 0 Å². The zero-order valence-electron chi connectivity index (χ0n) is 30.2. The number of benzene rings is 9. The molecule has 0 saturated carbocycles. The van der Waals surface area contributed by atoms with E-state index in [0.717, 1.165) is 17.1 Å². The van der Waals surface area contributed by atoms with Crippen LogP contribution in [0.3, 0.4) is 0 Å². The van der Waals surface area contributed by atoms with Gasteiger partial charge in [-0.25, -0.2) is 0 Å². The fourth-order valence-corrected chi connectivity index (χ4v) is 14.4. The number of fused-ring (bicyclic) bond motifs is 5. The lowest BCUT2D eigenvalue weighted by atomic mass is 10.0. The molecule has 10 aromatic rings. The van der Waals surface area contributed by atoms with Crippen LogP contribution in [0.1, 0.15) is 0 Å². The van der Waals surface area contributed by atoms with Crippen molar-refractivity contribution in [3.05, 3.63) is 224 Å². The van der Waals surface area contributed by atoms with E-state index in [0.29, 0.717) is 0 Å². The Morgan fingerprint density at radius 2 is 0.782 bits per heavy atom. The van der Waals surface area contributed by atoms with Gasteiger partial charge >= 0.3 is 0 Å². The van der Waals surface area contributed by atoms with Crippen LogP contribution in [0, 0.1) is 0 Å². The molecule has 0 N–H and O–H groups in total. The van der Waals surface area contributed by atoms with Gasteiger partial charge in [-0.3, -0.25) is 0 Å². The zero-order chi connectivity index (χ0) is 36.6. The van der Waals surface area contributed by atoms with Gasteiger partial charge < -0.3 is 4.90 Å². The molecule has 0 fully saturated rings. The summed E-state index contributed by atoms with van der Waals surface area (Å²) in [4.78, 5) is 2.42. The number of thiophene rings is 1. The van der Waals surface area contributed by atoms with Gasteiger partial charge in [-0.15, -0.1) is 11.3 Å². The number of hydrogen-bond donors (Lipinski definition) is 0. The minimum Gasteiger partial charge on any atom is -0.310 e. The van der Waals surface area contributed by atoms with Gasteiger partial charge in [-0.2, -0.15) is 0 Å². The van der Waals surface area contributed by atoms with Crippen molar-refractivity contribution >= 4 is 88.2 Å². The summed E-state index contributed by atoms with van der Waals surface area (Å²) < 4.78 is 2.65. The maximum Gasteiger partial charge on any atom is 0.179 e. The molecule has 0 radical (unpaired) electrons. The molecule has 9 aromatic carbocycles. The fraction of sp³-hybridized carbons (Fsp3) is 0. The Labute approximate surface area is 327 Å². The molecule has 0 aliphatic rings. The molecule has 0 saturated heterocycles. The summed E-state index contributed by atoms with van der Waals surface area (Å²) in [5.74, 6) is 0. The average molecular weight is 736 g/mol. The summed E-state index contributed by atoms with van der Waals surface area (Å²) in [5.41, 5.74) is 5.79. The lowest BCUT2D eigenvalue weighted by Crippen LogP contribution is -2.74. The van der Waals surface area contributed by atoms with Crippen LogP contribution < -0.4 is 25.6 Å². The smallest absolute Gasteiger partial charge is 0.179 e. The molecule has 0 aliphatic heterocycles. The van der Waals surface area contributed by atoms with Crippen LogP contribution >= 0.6 is 11.3 Å². The first-order valence-electron chi connectivity index (χ1n) is 18.8. The van der Waals surface area contributed by atoms with Crippen LogP contribution in [0.4, 0.5) is 17.1 Å². The number of hydrogen-bond acceptors (Lipinski definition) is 2. The summed E-state index contributed by atoms with van der Waals surface area (Å²) in [5, 5.41) is 10.6. The molecule has 0 aliphatic carbocycles. The average Bonchev–Trinajstić information content (AvgIpc) is 3.66. The monoisotopic (exact) mass is 735 g/mol. The van der Waals surface area contributed by atoms with Crippen LogP contribution in [0.15, 0.2) is 224 Å². The van der Waals surface area contributed by atoms with Gasteiger partial charge in [0.25, 0.3) is 0 Å². The van der Waals surface area contributed by atoms with E-state index in [1.807, 2.05) is 11.3 Å². The first-order chi connectivity index (χ1) is 27.3. The standard InChI is InChI=1S/C52H37NSSi/c1-5-15-38(16-6-1)39-25-29-41(30-26-39)53(43-31-27-40-28-36-49-48-23-13-14-24-51(48)54-52(49)50(40)37-43)42-32-34-47(35-33-42)55(44-17-7-2-8-18-44,45-19-9-3-10-20-45)46-21-11-4-12-22-46/h1-37H. The molecular weight excluding hydrogens is 699 g/mol. The van der Waals surface area contributed by atoms with E-state index in [2.05, 4.69) is 229 Å². The summed E-state index contributed by atoms with van der Waals surface area (Å²) in [6, 6.07) is 82.8. The molecule has 1 heterocycles. The van der Waals surface area contributed by atoms with Crippen molar-refractivity contribution in [3.63, 3.8) is 0 Å². The predicted octanol–water partition coefficient (Wildman–Crippen LogP) is 11.7. The Bertz CT molecular complexity index is 2790. The molecule has 0 spiro atoms. The van der Waals surface area contributed by atoms with Gasteiger partial charge in [-0.1, -0.05) is 182 Å². The summed E-state index contributed by atoms with van der Waals surface area (Å²) in [6.07, 6.45) is 0. The molecule has 0 bridgehead atoms. The van der Waals surface area contributed by atoms with Crippen LogP contribution in [0.5, 0.6) is 0 Å². The molecular formula is C52H37NSSi. The molecule has 1 aromatic heterocycles. The van der Waals surface area contributed by atoms with E-state index < -0.39 is 8.07 Å². The van der Waals surface area contributed by atoms with Gasteiger partial charge in [0.1, 0.15) is 0 Å². The maximum atomic E-state index is 2.42. The Kier molecular flexibility index (Phi) is 8.44. The maximum absolute atomic E-state index is 2.66. The topological polar surface area (TPSA) is 3.24 Å². The molecule has 0 amide bonds. The minimum absolute atomic E-state index is 1.12. The first kappa shape index (κ1) is 33.1. The molecule has 3 heteroatoms. The quantitative estimate of drug-likeness (QED) is 0.111. The lowest BCUT2D eigenvalue weighted by Gasteiger charge is -2.35. The van der Waals surface area contributed by atoms with Crippen LogP contribution in [0.25, 0.3) is 42.1 Å². The molecule has 10 rings (SSSR count). The van der Waals surface area contributed by atoms with Gasteiger partial charge in [0.15, 0.2) is 8.07 Å². The van der Waals surface area contributed by atoms with Crippen LogP contribution in [-0.4, -0.2) is 8.07 Å². The fourth-order valence-electron chi connectivity index (χ4n) is 8.44. The summed E-state index contributed by atoms with van der Waals surface area (Å²) in [6.45, 7) is 0. The largest absolute Gasteiger partial charge is 0.310 e. The van der Waals surface area contributed by atoms with Gasteiger partial charge in [-0.05, 0) is 79.7 Å². The van der Waals surface area contributed by atoms with E-state index in [1.165, 1.54) is 62.8 Å². The van der Waals surface area contributed by atoms with E-state index in [4.69, 9.17) is 0 Å². The Balaban J connectivity index is 1.16. The lowest BCUT2D eigenvalue weighted by molar-refractivity contribution is 1.29. The van der Waals surface area contributed by atoms with Crippen molar-refractivity contribution in [2.24, 2.45) is 0 Å². The molecule has 55 heavy (non-hydrogen) atoms. The van der Waals surface area contributed by atoms with E-state index in [-0.39, 0.29) is 0 Å². The Morgan fingerprint density at radius 3 is 1.38 bits per heavy atom. The predicted molar refractivity (Wildman–Crippen MR) is 241 cm³/mol. The minimum atomic E-state index is -2.66. The van der Waals surface area contributed by atoms with Crippen molar-refractivity contribution in [1.82, 2.24) is 0 Å².